The Morgan fingerprint density at radius 3 is 2.60 bits per heavy atom. The van der Waals surface area contributed by atoms with Crippen molar-refractivity contribution in [1.29, 1.82) is 5.26 Å². The molecule has 0 atom stereocenters. The minimum absolute atomic E-state index is 0.453. The highest BCUT2D eigenvalue weighted by molar-refractivity contribution is 6.32. The van der Waals surface area contributed by atoms with Crippen molar-refractivity contribution in [3.05, 3.63) is 28.8 Å². The van der Waals surface area contributed by atoms with Gasteiger partial charge in [-0.15, -0.1) is 0 Å². The molecule has 0 saturated carbocycles. The van der Waals surface area contributed by atoms with Gasteiger partial charge in [-0.25, -0.2) is 0 Å². The van der Waals surface area contributed by atoms with E-state index in [1.165, 1.54) is 13.2 Å². The number of methoxy groups -OCH3 is 2. The zero-order chi connectivity index (χ0) is 11.3. The highest BCUT2D eigenvalue weighted by Gasteiger charge is 2.08. The predicted molar refractivity (Wildman–Crippen MR) is 59.2 cm³/mol. The number of ether oxygens (including phenoxy) is 2. The second kappa shape index (κ2) is 5.28. The van der Waals surface area contributed by atoms with Gasteiger partial charge in [0, 0.05) is 17.7 Å². The van der Waals surface area contributed by atoms with Crippen LogP contribution < -0.4 is 9.47 Å². The van der Waals surface area contributed by atoms with Crippen LogP contribution in [-0.4, -0.2) is 14.2 Å². The summed E-state index contributed by atoms with van der Waals surface area (Å²) >= 11 is 5.97. The lowest BCUT2D eigenvalue weighted by Gasteiger charge is -2.09. The maximum absolute atomic E-state index is 8.45. The van der Waals surface area contributed by atoms with Crippen LogP contribution in [0.15, 0.2) is 18.2 Å². The Morgan fingerprint density at radius 1 is 1.33 bits per heavy atom. The SMILES string of the molecule is COc1cc(Cl)c(OC)c(/C=C/C#N)c1. The Bertz CT molecular complexity index is 421. The van der Waals surface area contributed by atoms with E-state index in [-0.39, 0.29) is 0 Å². The summed E-state index contributed by atoms with van der Waals surface area (Å²) in [7, 11) is 3.08. The van der Waals surface area contributed by atoms with Gasteiger partial charge in [-0.2, -0.15) is 5.26 Å². The standard InChI is InChI=1S/C11H10ClNO2/c1-14-9-6-8(4-3-5-13)11(15-2)10(12)7-9/h3-4,6-7H,1-2H3/b4-3+. The molecule has 3 nitrogen and oxygen atoms in total. The summed E-state index contributed by atoms with van der Waals surface area (Å²) in [6.07, 6.45) is 2.97. The smallest absolute Gasteiger partial charge is 0.144 e. The second-order valence-corrected chi connectivity index (χ2v) is 3.10. The van der Waals surface area contributed by atoms with Crippen LogP contribution in [0.5, 0.6) is 11.5 Å². The summed E-state index contributed by atoms with van der Waals surface area (Å²) in [6, 6.07) is 5.31. The highest BCUT2D eigenvalue weighted by Crippen LogP contribution is 2.33. The van der Waals surface area contributed by atoms with E-state index in [1.807, 2.05) is 6.07 Å². The molecule has 1 aromatic carbocycles. The maximum atomic E-state index is 8.45. The van der Waals surface area contributed by atoms with E-state index in [2.05, 4.69) is 0 Å². The van der Waals surface area contributed by atoms with Gasteiger partial charge in [0.1, 0.15) is 11.5 Å². The molecule has 0 radical (unpaired) electrons. The Hall–Kier alpha value is -1.66. The van der Waals surface area contributed by atoms with Gasteiger partial charge < -0.3 is 9.47 Å². The molecule has 0 N–H and O–H groups in total. The fourth-order valence-electron chi connectivity index (χ4n) is 1.17. The number of rotatable bonds is 3. The van der Waals surface area contributed by atoms with Gasteiger partial charge in [0.25, 0.3) is 0 Å². The van der Waals surface area contributed by atoms with Crippen LogP contribution in [0, 0.1) is 11.3 Å². The third kappa shape index (κ3) is 2.64. The number of hydrogen-bond acceptors (Lipinski definition) is 3. The fraction of sp³-hybridized carbons (Fsp3) is 0.182. The van der Waals surface area contributed by atoms with Crippen LogP contribution in [0.3, 0.4) is 0 Å². The number of benzene rings is 1. The average molecular weight is 224 g/mol. The molecule has 0 aliphatic heterocycles. The number of nitrogens with zero attached hydrogens (tertiary/aromatic N) is 1. The molecule has 0 saturated heterocycles. The topological polar surface area (TPSA) is 42.2 Å². The van der Waals surface area contributed by atoms with E-state index in [9.17, 15) is 0 Å². The van der Waals surface area contributed by atoms with E-state index in [0.717, 1.165) is 0 Å². The highest BCUT2D eigenvalue weighted by atomic mass is 35.5. The van der Waals surface area contributed by atoms with Gasteiger partial charge in [0.05, 0.1) is 25.3 Å². The molecule has 4 heteroatoms. The van der Waals surface area contributed by atoms with E-state index in [0.29, 0.717) is 22.1 Å². The van der Waals surface area contributed by atoms with E-state index >= 15 is 0 Å². The van der Waals surface area contributed by atoms with Crippen molar-refractivity contribution in [2.75, 3.05) is 14.2 Å². The first-order valence-electron chi connectivity index (χ1n) is 4.20. The maximum Gasteiger partial charge on any atom is 0.144 e. The summed E-state index contributed by atoms with van der Waals surface area (Å²) in [4.78, 5) is 0. The van der Waals surface area contributed by atoms with Crippen LogP contribution in [-0.2, 0) is 0 Å². The van der Waals surface area contributed by atoms with Crippen molar-refractivity contribution in [2.24, 2.45) is 0 Å². The largest absolute Gasteiger partial charge is 0.497 e. The molecule has 15 heavy (non-hydrogen) atoms. The zero-order valence-corrected chi connectivity index (χ0v) is 9.21. The molecular weight excluding hydrogens is 214 g/mol. The van der Waals surface area contributed by atoms with Gasteiger partial charge in [-0.1, -0.05) is 11.6 Å². The first-order valence-corrected chi connectivity index (χ1v) is 4.58. The third-order valence-electron chi connectivity index (χ3n) is 1.82. The van der Waals surface area contributed by atoms with E-state index < -0.39 is 0 Å². The zero-order valence-electron chi connectivity index (χ0n) is 8.45. The molecule has 0 unspecified atom stereocenters. The molecule has 78 valence electrons. The van der Waals surface area contributed by atoms with Gasteiger partial charge in [-0.05, 0) is 12.1 Å². The van der Waals surface area contributed by atoms with Crippen molar-refractivity contribution in [3.63, 3.8) is 0 Å². The lowest BCUT2D eigenvalue weighted by molar-refractivity contribution is 0.402. The van der Waals surface area contributed by atoms with Crippen molar-refractivity contribution >= 4 is 17.7 Å². The molecule has 0 aromatic heterocycles. The van der Waals surface area contributed by atoms with Gasteiger partial charge >= 0.3 is 0 Å². The molecule has 1 rings (SSSR count). The lowest BCUT2D eigenvalue weighted by atomic mass is 10.1. The van der Waals surface area contributed by atoms with Crippen LogP contribution in [0.2, 0.25) is 5.02 Å². The van der Waals surface area contributed by atoms with Crippen LogP contribution in [0.1, 0.15) is 5.56 Å². The first-order chi connectivity index (χ1) is 7.22. The molecule has 0 bridgehead atoms. The normalized spacial score (nSPS) is 10.0. The monoisotopic (exact) mass is 223 g/mol. The summed E-state index contributed by atoms with van der Waals surface area (Å²) in [6.45, 7) is 0. The summed E-state index contributed by atoms with van der Waals surface area (Å²) in [5.74, 6) is 1.15. The number of hydrogen-bond donors (Lipinski definition) is 0. The van der Waals surface area contributed by atoms with Gasteiger partial charge in [0.2, 0.25) is 0 Å². The van der Waals surface area contributed by atoms with E-state index in [4.69, 9.17) is 26.3 Å². The lowest BCUT2D eigenvalue weighted by Crippen LogP contribution is -1.91. The minimum Gasteiger partial charge on any atom is -0.497 e. The first kappa shape index (κ1) is 11.4. The van der Waals surface area contributed by atoms with Crippen molar-refractivity contribution < 1.29 is 9.47 Å². The second-order valence-electron chi connectivity index (χ2n) is 2.69. The molecular formula is C11H10ClNO2. The Labute approximate surface area is 93.5 Å². The summed E-state index contributed by atoms with van der Waals surface area (Å²) < 4.78 is 10.2. The van der Waals surface area contributed by atoms with Gasteiger partial charge in [0.15, 0.2) is 0 Å². The average Bonchev–Trinajstić information content (AvgIpc) is 2.25. The van der Waals surface area contributed by atoms with Crippen molar-refractivity contribution in [1.82, 2.24) is 0 Å². The molecule has 0 aliphatic rings. The van der Waals surface area contributed by atoms with Crippen LogP contribution in [0.4, 0.5) is 0 Å². The molecule has 0 amide bonds. The molecule has 1 aromatic rings. The Morgan fingerprint density at radius 2 is 2.07 bits per heavy atom. The van der Waals surface area contributed by atoms with Crippen molar-refractivity contribution in [3.8, 4) is 17.6 Å². The molecule has 0 spiro atoms. The fourth-order valence-corrected chi connectivity index (χ4v) is 1.47. The number of halogens is 1. The third-order valence-corrected chi connectivity index (χ3v) is 2.10. The summed E-state index contributed by atoms with van der Waals surface area (Å²) in [5.41, 5.74) is 0.711. The molecule has 0 fully saturated rings. The van der Waals surface area contributed by atoms with Gasteiger partial charge in [-0.3, -0.25) is 0 Å². The minimum atomic E-state index is 0.453. The quantitative estimate of drug-likeness (QED) is 0.740. The molecule has 0 heterocycles. The summed E-state index contributed by atoms with van der Waals surface area (Å²) in [5, 5.41) is 8.90. The Balaban J connectivity index is 3.26. The molecule has 0 aliphatic carbocycles. The van der Waals surface area contributed by atoms with E-state index in [1.54, 1.807) is 25.3 Å². The van der Waals surface area contributed by atoms with Crippen molar-refractivity contribution in [2.45, 2.75) is 0 Å². The Kier molecular flexibility index (Phi) is 4.02. The number of allylic oxidation sites excluding steroid dienone is 1. The van der Waals surface area contributed by atoms with Crippen LogP contribution >= 0.6 is 11.6 Å². The number of nitriles is 1. The van der Waals surface area contributed by atoms with Crippen LogP contribution in [0.25, 0.3) is 6.08 Å². The predicted octanol–water partition coefficient (Wildman–Crippen LogP) is 2.89.